The molecule has 24 heteroatoms. The van der Waals surface area contributed by atoms with E-state index in [-0.39, 0.29) is 21.1 Å². The van der Waals surface area contributed by atoms with E-state index in [0.29, 0.717) is 13.4 Å². The van der Waals surface area contributed by atoms with Crippen molar-refractivity contribution in [3.05, 3.63) is 354 Å². The molecular formula is C125H156BBr5Ge6N9O2Pt. The van der Waals surface area contributed by atoms with Gasteiger partial charge in [0.15, 0.2) is 0 Å². The van der Waals surface area contributed by atoms with E-state index in [9.17, 15) is 0 Å². The van der Waals surface area contributed by atoms with Crippen LogP contribution >= 0.6 is 79.6 Å². The number of nitrogens with zero attached hydrogens (tertiary/aromatic N) is 9. The van der Waals surface area contributed by atoms with Gasteiger partial charge in [-0.3, -0.25) is 0 Å². The van der Waals surface area contributed by atoms with Gasteiger partial charge >= 0.3 is 855 Å². The van der Waals surface area contributed by atoms with Gasteiger partial charge in [0.1, 0.15) is 10.4 Å². The predicted octanol–water partition coefficient (Wildman–Crippen LogP) is 35.6. The van der Waals surface area contributed by atoms with Crippen LogP contribution in [0.15, 0.2) is 309 Å². The number of aryl methyl sites for hydroxylation is 6. The van der Waals surface area contributed by atoms with Crippen molar-refractivity contribution < 1.29 is 30.7 Å². The Morgan fingerprint density at radius 3 is 0.826 bits per heavy atom. The number of aromatic nitrogens is 7. The molecule has 0 saturated heterocycles. The first-order chi connectivity index (χ1) is 71.3. The Labute approximate surface area is 968 Å². The molecule has 7 heterocycles. The van der Waals surface area contributed by atoms with E-state index in [4.69, 9.17) is 25.0 Å². The molecule has 0 amide bonds. The predicted molar refractivity (Wildman–Crippen MR) is 674 cm³/mol. The van der Waals surface area contributed by atoms with Gasteiger partial charge < -0.3 is 9.68 Å². The molecule has 0 fully saturated rings. The Morgan fingerprint density at radius 2 is 0.530 bits per heavy atom. The summed E-state index contributed by atoms with van der Waals surface area (Å²) in [5.41, 5.74) is 25.0. The van der Waals surface area contributed by atoms with Crippen LogP contribution in [0.2, 0.25) is 94.6 Å². The van der Waals surface area contributed by atoms with Crippen LogP contribution in [0.1, 0.15) is 158 Å². The third-order valence-electron chi connectivity index (χ3n) is 32.3. The maximum atomic E-state index is 8.25. The van der Waals surface area contributed by atoms with Crippen LogP contribution in [-0.4, -0.2) is 127 Å². The molecule has 8 aromatic carbocycles. The molecule has 0 saturated carbocycles. The van der Waals surface area contributed by atoms with Gasteiger partial charge in [0.2, 0.25) is 0 Å². The van der Waals surface area contributed by atoms with Gasteiger partial charge in [-0.2, -0.15) is 0 Å². The molecule has 0 atom stereocenters. The smallest absolute Gasteiger partial charge is 0.537 e. The molecule has 1 N–H and O–H groups in total. The Kier molecular flexibility index (Phi) is 51.9. The van der Waals surface area contributed by atoms with Crippen molar-refractivity contribution in [3.8, 4) is 62.0 Å². The Morgan fingerprint density at radius 1 is 0.268 bits per heavy atom. The molecule has 15 aromatic rings. The van der Waals surface area contributed by atoms with Crippen molar-refractivity contribution >= 4 is 227 Å². The summed E-state index contributed by atoms with van der Waals surface area (Å²) in [6.45, 7) is 56.1. The summed E-state index contributed by atoms with van der Waals surface area (Å²) in [6, 6.07) is 94.9. The van der Waals surface area contributed by atoms with Gasteiger partial charge in [-0.15, -0.1) is 0 Å². The van der Waals surface area contributed by atoms with E-state index in [1.54, 1.807) is 44.7 Å². The van der Waals surface area contributed by atoms with Crippen LogP contribution in [0.4, 0.5) is 34.1 Å². The molecule has 0 unspecified atom stereocenters. The molecule has 0 bridgehead atoms. The zero-order valence-corrected chi connectivity index (χ0v) is 115. The van der Waals surface area contributed by atoms with Gasteiger partial charge in [0, 0.05) is 15.1 Å². The maximum Gasteiger partial charge on any atom is 2.00 e. The molecule has 0 spiro atoms. The van der Waals surface area contributed by atoms with Gasteiger partial charge in [-0.05, 0) is 46.3 Å². The molecule has 0 aliphatic carbocycles. The van der Waals surface area contributed by atoms with Crippen LogP contribution in [0, 0.1) is 53.7 Å². The minimum atomic E-state index is -2.15. The third-order valence-corrected chi connectivity index (χ3v) is 105. The van der Waals surface area contributed by atoms with E-state index in [2.05, 4.69) is 494 Å². The van der Waals surface area contributed by atoms with Gasteiger partial charge in [0.05, 0.1) is 0 Å². The standard InChI is InChI=1S/C43H55Ge2N3.C43H53Ge2N3.C17H22BrGeN.C11H18BrGeN.C6H5BBrO2.C5H3Br2N.Pt/c2*1-10-44(11-2,12-3)37-22-24-46-41(30-37)35-18-16-20-39(28-35)48(43-33(8)26-32(7)27-34(43)9)40-21-17-19-36(29-40)42-31-38(23-25-47-42)45(13-4,14-5)15-6;1-4-19(5-2,6-3)16-10-11-20-17(13-16)14-8-7-9-15(18)12-14;1-4-13(5-2,6-3)10-7-8-14-11(12)9-10;8-5-2-1-3-6(4-5)10-7-9;6-4-1-2-8-5(7)3-4;/h16-31H,10-15H2,1-9H3;16-27,30-31H,10-15H2,1-9H3;7-13H,4-6H2,1-3H3;7-9H,4-6H2,1-3H3;1-4,9H;1-3H;/q;-2;;;;;+2. The molecule has 11 nitrogen and oxygen atoms in total. The van der Waals surface area contributed by atoms with Crippen molar-refractivity contribution in [3.63, 3.8) is 0 Å². The molecule has 149 heavy (non-hydrogen) atoms. The first-order valence-electron chi connectivity index (χ1n) is 53.7. The van der Waals surface area contributed by atoms with Crippen LogP contribution < -0.4 is 40.8 Å². The van der Waals surface area contributed by atoms with Crippen LogP contribution in [0.3, 0.4) is 0 Å². The first-order valence-corrected chi connectivity index (χ1v) is 90.6. The van der Waals surface area contributed by atoms with Crippen LogP contribution in [0.25, 0.3) is 56.3 Å². The normalized spacial score (nSPS) is 11.4. The summed E-state index contributed by atoms with van der Waals surface area (Å²) in [7, 11) is 0.655. The van der Waals surface area contributed by atoms with E-state index in [1.165, 1.54) is 145 Å². The maximum absolute atomic E-state index is 8.25. The largest absolute Gasteiger partial charge is 2.00 e. The van der Waals surface area contributed by atoms with Gasteiger partial charge in [-0.1, -0.05) is 37.9 Å². The van der Waals surface area contributed by atoms with E-state index in [1.807, 2.05) is 61.4 Å². The zero-order chi connectivity index (χ0) is 108. The number of hydrogen-bond acceptors (Lipinski definition) is 11. The fourth-order valence-electron chi connectivity index (χ4n) is 22.0. The van der Waals surface area contributed by atoms with Crippen molar-refractivity contribution in [1.82, 2.24) is 34.9 Å². The average Bonchev–Trinajstić information content (AvgIpc) is 0.769. The molecule has 7 aromatic heterocycles. The Balaban J connectivity index is 0.000000224. The Bertz CT molecular complexity index is 6180. The summed E-state index contributed by atoms with van der Waals surface area (Å²) >= 11 is 4.59. The summed E-state index contributed by atoms with van der Waals surface area (Å²) in [4.78, 5) is 37.1. The van der Waals surface area contributed by atoms with Gasteiger partial charge in [0.25, 0.3) is 0 Å². The Hall–Kier alpha value is -6.42. The molecule has 0 aliphatic heterocycles. The van der Waals surface area contributed by atoms with E-state index < -0.39 is 79.6 Å². The fraction of sp³-hybridized carbons (Fsp3) is 0.336. The van der Waals surface area contributed by atoms with Crippen molar-refractivity contribution in [2.45, 2.75) is 261 Å². The monoisotopic (exact) mass is 2860 g/mol. The molecule has 0 aliphatic rings. The van der Waals surface area contributed by atoms with Gasteiger partial charge in [-0.25, -0.2) is 4.98 Å². The van der Waals surface area contributed by atoms with Crippen molar-refractivity contribution in [1.29, 1.82) is 0 Å². The minimum absolute atomic E-state index is 0. The summed E-state index contributed by atoms with van der Waals surface area (Å²) in [5, 5.41) is 32.1. The fourth-order valence-corrected chi connectivity index (χ4v) is 69.9. The van der Waals surface area contributed by atoms with Crippen molar-refractivity contribution in [2.75, 3.05) is 9.80 Å². The zero-order valence-electron chi connectivity index (χ0n) is 92.5. The second kappa shape index (κ2) is 61.3. The number of pyridine rings is 7. The molecular weight excluding hydrogens is 2700 g/mol. The SMILES string of the molecule is Brc1ccnc(Br)c1.C[CH2][Ge]([CH2]C)([CH2]C)[c]1ccnc(-c2[c-]c(N(c3[c-]c(-c4c[c]([Ge]([CH2]C)([CH2]C)[CH2]C)ccn4)ccc3)c3c(C)cc(C)cc3C)ccc2)c1.C[CH2][Ge]([CH2]C)([CH2]C)[c]1ccnc(-c2cccc(Br)c2)c1.C[CH2][Ge]([CH2]C)([CH2]C)[c]1ccnc(-c2cccc(N(c3cccc(-c4c[c]([Ge]([CH2]C)([CH2]C)[CH2]C)ccn4)c3)c3c(C)cc(C)cc3C)c2)c1.C[CH2][Ge]([CH2]C)([CH2]C)[c]1ccnc(Br)c1.O[B]Oc1cccc(Br)c1.[Pt+2]. The summed E-state index contributed by atoms with van der Waals surface area (Å²) < 4.78 is 19.0. The summed E-state index contributed by atoms with van der Waals surface area (Å²) in [5.74, 6) is 0.608. The second-order valence-corrected chi connectivity index (χ2v) is 110. The summed E-state index contributed by atoms with van der Waals surface area (Å²) in [6.07, 6.45) is 13.8. The van der Waals surface area contributed by atoms with E-state index >= 15 is 0 Å². The molecule has 15 rings (SSSR count). The quantitative estimate of drug-likeness (QED) is 0.0227. The average molecular weight is 2860 g/mol. The number of halogens is 5. The molecule has 1 radical (unpaired) electrons. The van der Waals surface area contributed by atoms with E-state index in [0.717, 1.165) is 96.1 Å². The topological polar surface area (TPSA) is 126 Å². The van der Waals surface area contributed by atoms with Crippen LogP contribution in [-0.2, 0) is 21.1 Å². The second-order valence-electron chi connectivity index (χ2n) is 39.2. The number of benzene rings is 8. The number of hydrogen-bond donors (Lipinski definition) is 1. The molecule has 785 valence electrons. The minimum Gasteiger partial charge on any atom is -0.537 e. The van der Waals surface area contributed by atoms with Crippen molar-refractivity contribution in [2.24, 2.45) is 0 Å². The number of rotatable bonds is 37. The third kappa shape index (κ3) is 32.2. The first kappa shape index (κ1) is 126. The number of anilines is 6. The van der Waals surface area contributed by atoms with Crippen LogP contribution in [0.5, 0.6) is 5.75 Å².